The van der Waals surface area contributed by atoms with Gasteiger partial charge in [-0.15, -0.1) is 0 Å². The van der Waals surface area contributed by atoms with Gasteiger partial charge in [0.25, 0.3) is 0 Å². The molecule has 114 valence electrons. The van der Waals surface area contributed by atoms with Crippen molar-refractivity contribution < 1.29 is 0 Å². The van der Waals surface area contributed by atoms with E-state index in [9.17, 15) is 0 Å². The normalized spacial score (nSPS) is 27.1. The van der Waals surface area contributed by atoms with Crippen molar-refractivity contribution in [2.45, 2.75) is 65.8 Å². The van der Waals surface area contributed by atoms with Gasteiger partial charge in [-0.3, -0.25) is 0 Å². The molecule has 0 aromatic carbocycles. The fourth-order valence-electron chi connectivity index (χ4n) is 3.61. The summed E-state index contributed by atoms with van der Waals surface area (Å²) in [6.07, 6.45) is 9.16. The van der Waals surface area contributed by atoms with Crippen LogP contribution >= 0.6 is 0 Å². The Hall–Kier alpha value is -0.900. The molecular weight excluding hydrogens is 248 g/mol. The van der Waals surface area contributed by atoms with E-state index >= 15 is 0 Å². The maximum absolute atomic E-state index is 6.17. The van der Waals surface area contributed by atoms with E-state index < -0.39 is 0 Å². The molecule has 2 N–H and O–H groups in total. The zero-order valence-electron chi connectivity index (χ0n) is 13.3. The summed E-state index contributed by atoms with van der Waals surface area (Å²) in [7, 11) is 0. The number of nitrogens with zero attached hydrogens (tertiary/aromatic N) is 3. The maximum atomic E-state index is 6.17. The van der Waals surface area contributed by atoms with E-state index in [-0.39, 0.29) is 5.41 Å². The molecule has 2 rings (SSSR count). The van der Waals surface area contributed by atoms with Gasteiger partial charge in [0, 0.05) is 13.0 Å². The Kier molecular flexibility index (Phi) is 5.19. The zero-order valence-corrected chi connectivity index (χ0v) is 13.3. The summed E-state index contributed by atoms with van der Waals surface area (Å²) in [5.74, 6) is 2.56. The first kappa shape index (κ1) is 15.5. The molecule has 0 amide bonds. The first-order chi connectivity index (χ1) is 9.58. The Morgan fingerprint density at radius 3 is 2.95 bits per heavy atom. The van der Waals surface area contributed by atoms with Gasteiger partial charge in [-0.25, -0.2) is 9.67 Å². The molecule has 0 aliphatic heterocycles. The van der Waals surface area contributed by atoms with Gasteiger partial charge in [0.15, 0.2) is 0 Å². The molecule has 1 heterocycles. The lowest BCUT2D eigenvalue weighted by atomic mass is 9.67. The largest absolute Gasteiger partial charge is 0.330 e. The second kappa shape index (κ2) is 6.70. The molecular formula is C16H30N4. The van der Waals surface area contributed by atoms with Crippen molar-refractivity contribution in [2.75, 3.05) is 6.54 Å². The molecule has 0 spiro atoms. The molecule has 1 aromatic heterocycles. The molecule has 1 saturated carbocycles. The van der Waals surface area contributed by atoms with Gasteiger partial charge in [0.05, 0.1) is 0 Å². The molecule has 2 unspecified atom stereocenters. The molecule has 4 nitrogen and oxygen atoms in total. The van der Waals surface area contributed by atoms with Crippen LogP contribution in [0.1, 0.15) is 58.7 Å². The minimum absolute atomic E-state index is 0.251. The van der Waals surface area contributed by atoms with Crippen molar-refractivity contribution in [2.24, 2.45) is 23.0 Å². The third-order valence-corrected chi connectivity index (χ3v) is 4.82. The average Bonchev–Trinajstić information content (AvgIpc) is 2.85. The van der Waals surface area contributed by atoms with Crippen molar-refractivity contribution in [1.82, 2.24) is 14.8 Å². The van der Waals surface area contributed by atoms with E-state index in [0.717, 1.165) is 31.3 Å². The van der Waals surface area contributed by atoms with Gasteiger partial charge in [-0.05, 0) is 36.6 Å². The van der Waals surface area contributed by atoms with Crippen LogP contribution in [0.2, 0.25) is 0 Å². The van der Waals surface area contributed by atoms with Gasteiger partial charge in [0.1, 0.15) is 12.2 Å². The number of hydrogen-bond donors (Lipinski definition) is 1. The molecule has 1 aromatic rings. The summed E-state index contributed by atoms with van der Waals surface area (Å²) in [5.41, 5.74) is 6.42. The van der Waals surface area contributed by atoms with Crippen LogP contribution in [-0.2, 0) is 13.0 Å². The Balaban J connectivity index is 2.11. The molecule has 4 heteroatoms. The molecule has 1 aliphatic carbocycles. The lowest BCUT2D eigenvalue weighted by Gasteiger charge is -2.40. The standard InChI is InChI=1S/C16H30N4/c1-4-14-6-5-7-16(8-14,11-17)9-15-18-12-19-20(15)10-13(2)3/h12-14H,4-11,17H2,1-3H3. The van der Waals surface area contributed by atoms with Crippen LogP contribution in [0.5, 0.6) is 0 Å². The fourth-order valence-corrected chi connectivity index (χ4v) is 3.61. The molecule has 0 saturated heterocycles. The van der Waals surface area contributed by atoms with E-state index in [1.165, 1.54) is 32.1 Å². The SMILES string of the molecule is CCC1CCCC(CN)(Cc2ncnn2CC(C)C)C1. The van der Waals surface area contributed by atoms with Gasteiger partial charge in [0.2, 0.25) is 0 Å². The highest BCUT2D eigenvalue weighted by atomic mass is 15.3. The first-order valence-corrected chi connectivity index (χ1v) is 8.15. The van der Waals surface area contributed by atoms with Crippen LogP contribution in [0.15, 0.2) is 6.33 Å². The third kappa shape index (κ3) is 3.60. The van der Waals surface area contributed by atoms with Gasteiger partial charge in [-0.1, -0.05) is 40.0 Å². The summed E-state index contributed by atoms with van der Waals surface area (Å²) in [5, 5.41) is 4.39. The second-order valence-corrected chi connectivity index (χ2v) is 7.00. The maximum Gasteiger partial charge on any atom is 0.138 e. The topological polar surface area (TPSA) is 56.7 Å². The van der Waals surface area contributed by atoms with E-state index in [4.69, 9.17) is 5.73 Å². The molecule has 1 aliphatic rings. The van der Waals surface area contributed by atoms with Crippen molar-refractivity contribution in [3.05, 3.63) is 12.2 Å². The molecule has 2 atom stereocenters. The summed E-state index contributed by atoms with van der Waals surface area (Å²) in [6, 6.07) is 0. The smallest absolute Gasteiger partial charge is 0.138 e. The Morgan fingerprint density at radius 1 is 1.50 bits per heavy atom. The fraction of sp³-hybridized carbons (Fsp3) is 0.875. The Bertz CT molecular complexity index is 412. The minimum Gasteiger partial charge on any atom is -0.330 e. The Morgan fingerprint density at radius 2 is 2.30 bits per heavy atom. The molecule has 1 fully saturated rings. The monoisotopic (exact) mass is 278 g/mol. The lowest BCUT2D eigenvalue weighted by molar-refractivity contribution is 0.137. The van der Waals surface area contributed by atoms with E-state index in [0.29, 0.717) is 5.92 Å². The van der Waals surface area contributed by atoms with Crippen LogP contribution in [-0.4, -0.2) is 21.3 Å². The van der Waals surface area contributed by atoms with Gasteiger partial charge >= 0.3 is 0 Å². The van der Waals surface area contributed by atoms with Crippen molar-refractivity contribution >= 4 is 0 Å². The van der Waals surface area contributed by atoms with Crippen LogP contribution in [0.4, 0.5) is 0 Å². The predicted octanol–water partition coefficient (Wildman–Crippen LogP) is 3.02. The van der Waals surface area contributed by atoms with E-state index in [1.807, 2.05) is 0 Å². The number of aromatic nitrogens is 3. The van der Waals surface area contributed by atoms with Gasteiger partial charge in [-0.2, -0.15) is 5.10 Å². The van der Waals surface area contributed by atoms with E-state index in [1.54, 1.807) is 6.33 Å². The molecule has 0 radical (unpaired) electrons. The number of nitrogens with two attached hydrogens (primary N) is 1. The summed E-state index contributed by atoms with van der Waals surface area (Å²) in [4.78, 5) is 4.50. The summed E-state index contributed by atoms with van der Waals surface area (Å²) < 4.78 is 2.08. The van der Waals surface area contributed by atoms with Crippen LogP contribution in [0.3, 0.4) is 0 Å². The number of rotatable bonds is 6. The lowest BCUT2D eigenvalue weighted by Crippen LogP contribution is -2.38. The minimum atomic E-state index is 0.251. The highest BCUT2D eigenvalue weighted by Crippen LogP contribution is 2.42. The molecule has 20 heavy (non-hydrogen) atoms. The average molecular weight is 278 g/mol. The third-order valence-electron chi connectivity index (χ3n) is 4.82. The van der Waals surface area contributed by atoms with Crippen LogP contribution in [0.25, 0.3) is 0 Å². The quantitative estimate of drug-likeness (QED) is 0.870. The zero-order chi connectivity index (χ0) is 14.6. The van der Waals surface area contributed by atoms with Crippen molar-refractivity contribution in [3.8, 4) is 0 Å². The van der Waals surface area contributed by atoms with Crippen molar-refractivity contribution in [3.63, 3.8) is 0 Å². The predicted molar refractivity (Wildman–Crippen MR) is 82.3 cm³/mol. The first-order valence-electron chi connectivity index (χ1n) is 8.15. The highest BCUT2D eigenvalue weighted by molar-refractivity contribution is 4.97. The summed E-state index contributed by atoms with van der Waals surface area (Å²) in [6.45, 7) is 8.47. The van der Waals surface area contributed by atoms with Crippen molar-refractivity contribution in [1.29, 1.82) is 0 Å². The van der Waals surface area contributed by atoms with Crippen LogP contribution < -0.4 is 5.73 Å². The van der Waals surface area contributed by atoms with Crippen LogP contribution in [0, 0.1) is 17.3 Å². The van der Waals surface area contributed by atoms with E-state index in [2.05, 4.69) is 35.5 Å². The number of hydrogen-bond acceptors (Lipinski definition) is 3. The highest BCUT2D eigenvalue weighted by Gasteiger charge is 2.36. The second-order valence-electron chi connectivity index (χ2n) is 7.00. The van der Waals surface area contributed by atoms with Gasteiger partial charge < -0.3 is 5.73 Å². The Labute approximate surface area is 123 Å². The molecule has 0 bridgehead atoms. The summed E-state index contributed by atoms with van der Waals surface area (Å²) >= 11 is 0.